The molecule has 2 bridgehead atoms. The summed E-state index contributed by atoms with van der Waals surface area (Å²) in [6.07, 6.45) is 1.55. The van der Waals surface area contributed by atoms with Gasteiger partial charge in [0.25, 0.3) is 5.92 Å². The van der Waals surface area contributed by atoms with Crippen LogP contribution in [0.15, 0.2) is 0 Å². The first kappa shape index (κ1) is 45.4. The maximum absolute atomic E-state index is 13.3. The van der Waals surface area contributed by atoms with Gasteiger partial charge in [-0.25, -0.2) is 17.6 Å². The summed E-state index contributed by atoms with van der Waals surface area (Å²) in [4.78, 5) is 0. The van der Waals surface area contributed by atoms with E-state index >= 15 is 0 Å². The van der Waals surface area contributed by atoms with Crippen LogP contribution in [0.5, 0.6) is 0 Å². The average Bonchev–Trinajstić information content (AvgIpc) is 3.46. The van der Waals surface area contributed by atoms with Gasteiger partial charge in [-0.15, -0.1) is 0 Å². The highest BCUT2D eigenvalue weighted by atomic mass is 19.4. The van der Waals surface area contributed by atoms with E-state index in [0.717, 1.165) is 6.92 Å². The molecule has 0 nitrogen and oxygen atoms in total. The van der Waals surface area contributed by atoms with Crippen molar-refractivity contribution < 1.29 is 101 Å². The van der Waals surface area contributed by atoms with E-state index in [0.29, 0.717) is 19.3 Å². The molecule has 23 heteroatoms. The van der Waals surface area contributed by atoms with Crippen LogP contribution in [0, 0.1) is 17.3 Å². The van der Waals surface area contributed by atoms with Crippen molar-refractivity contribution in [1.29, 1.82) is 0 Å². The quantitative estimate of drug-likeness (QED) is 0.216. The molecule has 4 fully saturated rings. The third kappa shape index (κ3) is 4.92. The highest BCUT2D eigenvalue weighted by molar-refractivity contribution is 5.25. The van der Waals surface area contributed by atoms with Crippen LogP contribution in [0.1, 0.15) is 60.8 Å². The maximum Gasteiger partial charge on any atom is 0.384 e. The van der Waals surface area contributed by atoms with E-state index in [-0.39, 0.29) is 24.5 Å². The van der Waals surface area contributed by atoms with Crippen LogP contribution in [-0.2, 0) is 0 Å². The van der Waals surface area contributed by atoms with Crippen LogP contribution >= 0.6 is 0 Å². The lowest BCUT2D eigenvalue weighted by molar-refractivity contribution is -0.482. The molecule has 0 aromatic carbocycles. The normalized spacial score (nSPS) is 36.5. The molecule has 4 rings (SSSR count). The third-order valence-electron chi connectivity index (χ3n) is 8.87. The van der Waals surface area contributed by atoms with Gasteiger partial charge in [0.2, 0.25) is 5.67 Å². The summed E-state index contributed by atoms with van der Waals surface area (Å²) < 4.78 is 279. The van der Waals surface area contributed by atoms with Crippen molar-refractivity contribution in [2.75, 3.05) is 0 Å². The van der Waals surface area contributed by atoms with Gasteiger partial charge in [0.15, 0.2) is 5.67 Å². The summed E-state index contributed by atoms with van der Waals surface area (Å²) in [6, 6.07) is 0. The summed E-state index contributed by atoms with van der Waals surface area (Å²) >= 11 is 0. The Hall–Kier alpha value is -1.61. The van der Waals surface area contributed by atoms with Crippen LogP contribution in [0.3, 0.4) is 0 Å². The number of halogens is 23. The minimum atomic E-state index is -6.87. The molecule has 0 N–H and O–H groups in total. The fourth-order valence-electron chi connectivity index (χ4n) is 5.23. The average molecular weight is 752 g/mol. The van der Waals surface area contributed by atoms with E-state index in [4.69, 9.17) is 0 Å². The Morgan fingerprint density at radius 2 is 0.596 bits per heavy atom. The summed E-state index contributed by atoms with van der Waals surface area (Å²) in [5, 5.41) is 0. The van der Waals surface area contributed by atoms with Gasteiger partial charge in [0, 0.05) is 5.92 Å². The molecule has 0 heterocycles. The number of fused-ring (bicyclic) bond motifs is 2. The maximum atomic E-state index is 13.3. The molecule has 3 atom stereocenters. The second-order valence-corrected chi connectivity index (χ2v) is 11.7. The third-order valence-corrected chi connectivity index (χ3v) is 8.87. The van der Waals surface area contributed by atoms with Crippen molar-refractivity contribution in [3.63, 3.8) is 0 Å². The molecule has 0 aromatic rings. The van der Waals surface area contributed by atoms with Gasteiger partial charge >= 0.3 is 53.3 Å². The Labute approximate surface area is 250 Å². The summed E-state index contributed by atoms with van der Waals surface area (Å²) in [5.74, 6) is -61.4. The number of alkyl halides is 22. The smallest absolute Gasteiger partial charge is 0.269 e. The summed E-state index contributed by atoms with van der Waals surface area (Å²) in [7, 11) is 0. The zero-order valence-corrected chi connectivity index (χ0v) is 24.5. The molecule has 0 amide bonds. The number of rotatable bonds is 0. The molecule has 0 spiro atoms. The number of hydrogen-bond acceptors (Lipinski definition) is 0. The lowest BCUT2D eigenvalue weighted by atomic mass is 9.65. The van der Waals surface area contributed by atoms with Crippen LogP contribution in [0.2, 0.25) is 0 Å². The van der Waals surface area contributed by atoms with Gasteiger partial charge in [-0.05, 0) is 52.9 Å². The van der Waals surface area contributed by atoms with E-state index in [1.807, 2.05) is 13.8 Å². The molecule has 0 aliphatic heterocycles. The van der Waals surface area contributed by atoms with Gasteiger partial charge in [0.1, 0.15) is 5.41 Å². The number of hydrogen-bond donors (Lipinski definition) is 0. The van der Waals surface area contributed by atoms with Gasteiger partial charge in [-0.1, -0.05) is 13.8 Å². The minimum Gasteiger partial charge on any atom is -0.269 e. The Kier molecular flexibility index (Phi) is 11.1. The predicted molar refractivity (Wildman–Crippen MR) is 117 cm³/mol. The highest BCUT2D eigenvalue weighted by Gasteiger charge is 2.99. The standard InChI is InChI=1S/C8H6F10.C8H11F3.C6H3F9.C2H6.FH/c1-3(2)4(9,10)6(13,14)8(17,18)7(15,16)5(3,11)12;1-7(9)5-2-3-6(4-5)8(7,10)11;1-2(7)3(8,9)5(12,13)6(14,15)4(2,10)11;1-2;/h1-2H3;5-6H,2-4H2,1H3;1H3;1-2H3;1H. The molecule has 0 aromatic heterocycles. The fraction of sp³-hybridized carbons (Fsp3) is 1.00. The highest BCUT2D eigenvalue weighted by Crippen LogP contribution is 2.71. The molecular weight excluding hydrogens is 725 g/mol. The van der Waals surface area contributed by atoms with E-state index in [1.54, 1.807) is 0 Å². The molecule has 47 heavy (non-hydrogen) atoms. The Bertz CT molecular complexity index is 889. The second-order valence-electron chi connectivity index (χ2n) is 11.7. The SMILES string of the molecule is CC.CC1(C)C(F)(F)C(F)(F)C(F)(F)C(F)(F)C1(F)F.CC1(F)C(F)(F)C(F)(F)C(F)(F)C1(F)F.CC1(F)C2CCC(C2)C1(F)F.F. The first-order valence-corrected chi connectivity index (χ1v) is 12.9. The Balaban J connectivity index is 0.000000665. The lowest BCUT2D eigenvalue weighted by Gasteiger charge is -2.53. The molecule has 0 radical (unpaired) electrons. The van der Waals surface area contributed by atoms with Crippen molar-refractivity contribution in [2.45, 2.75) is 131 Å². The fourth-order valence-corrected chi connectivity index (χ4v) is 5.23. The van der Waals surface area contributed by atoms with Gasteiger partial charge < -0.3 is 0 Å². The van der Waals surface area contributed by atoms with E-state index < -0.39 is 88.8 Å². The molecule has 3 unspecified atom stereocenters. The van der Waals surface area contributed by atoms with Crippen LogP contribution in [0.25, 0.3) is 0 Å². The van der Waals surface area contributed by atoms with Gasteiger partial charge in [0.05, 0.1) is 0 Å². The molecular formula is C24H27F23. The molecule has 4 saturated carbocycles. The predicted octanol–water partition coefficient (Wildman–Crippen LogP) is 11.4. The minimum absolute atomic E-state index is 0. The summed E-state index contributed by atoms with van der Waals surface area (Å²) in [5.41, 5.74) is -11.9. The monoisotopic (exact) mass is 752 g/mol. The first-order chi connectivity index (χ1) is 19.7. The Morgan fingerprint density at radius 1 is 0.362 bits per heavy atom. The second kappa shape index (κ2) is 11.5. The first-order valence-electron chi connectivity index (χ1n) is 12.9. The van der Waals surface area contributed by atoms with Crippen LogP contribution in [0.4, 0.5) is 101 Å². The topological polar surface area (TPSA) is 0 Å². The van der Waals surface area contributed by atoms with Gasteiger partial charge in [-0.3, -0.25) is 4.70 Å². The molecule has 4 aliphatic rings. The lowest BCUT2D eigenvalue weighted by Crippen LogP contribution is -2.80. The zero-order chi connectivity index (χ0) is 37.8. The largest absolute Gasteiger partial charge is 0.384 e. The molecule has 0 saturated heterocycles. The zero-order valence-electron chi connectivity index (χ0n) is 24.5. The van der Waals surface area contributed by atoms with E-state index in [9.17, 15) is 96.6 Å². The summed E-state index contributed by atoms with van der Waals surface area (Å²) in [6.45, 7) is 3.74. The van der Waals surface area contributed by atoms with Crippen molar-refractivity contribution in [3.8, 4) is 0 Å². The molecule has 284 valence electrons. The van der Waals surface area contributed by atoms with Crippen molar-refractivity contribution in [1.82, 2.24) is 0 Å². The van der Waals surface area contributed by atoms with Crippen molar-refractivity contribution in [2.24, 2.45) is 17.3 Å². The molecule has 4 aliphatic carbocycles. The Morgan fingerprint density at radius 3 is 0.766 bits per heavy atom. The van der Waals surface area contributed by atoms with Crippen molar-refractivity contribution >= 4 is 0 Å². The van der Waals surface area contributed by atoms with Crippen LogP contribution in [-0.4, -0.2) is 70.6 Å². The van der Waals surface area contributed by atoms with Crippen molar-refractivity contribution in [3.05, 3.63) is 0 Å². The van der Waals surface area contributed by atoms with Gasteiger partial charge in [-0.2, -0.15) is 79.0 Å². The van der Waals surface area contributed by atoms with E-state index in [1.165, 1.54) is 0 Å². The van der Waals surface area contributed by atoms with E-state index in [2.05, 4.69) is 0 Å². The van der Waals surface area contributed by atoms with Crippen LogP contribution < -0.4 is 0 Å².